The van der Waals surface area contributed by atoms with Crippen LogP contribution in [0, 0.1) is 0 Å². The minimum atomic E-state index is -0.246. The predicted octanol–water partition coefficient (Wildman–Crippen LogP) is 2.34. The molecule has 0 radical (unpaired) electrons. The highest BCUT2D eigenvalue weighted by Crippen LogP contribution is 2.16. The number of halogens is 1. The third-order valence-corrected chi connectivity index (χ3v) is 2.86. The number of rotatable bonds is 5. The number of likely N-dealkylation sites (N-methyl/N-ethyl adjacent to an activating group) is 1. The predicted molar refractivity (Wildman–Crippen MR) is 81.4 cm³/mol. The first kappa shape index (κ1) is 16.2. The zero-order chi connectivity index (χ0) is 15.1. The summed E-state index contributed by atoms with van der Waals surface area (Å²) in [5.41, 5.74) is 0.766. The first-order valence-electron chi connectivity index (χ1n) is 6.37. The molecule has 5 heteroatoms. The van der Waals surface area contributed by atoms with Crippen LogP contribution in [-0.4, -0.2) is 36.3 Å². The minimum Gasteiger partial charge on any atom is -0.352 e. The van der Waals surface area contributed by atoms with Crippen LogP contribution in [0.15, 0.2) is 30.3 Å². The Labute approximate surface area is 124 Å². The van der Waals surface area contributed by atoms with Crippen molar-refractivity contribution >= 4 is 29.5 Å². The lowest BCUT2D eigenvalue weighted by atomic mass is 10.2. The summed E-state index contributed by atoms with van der Waals surface area (Å²) in [6.07, 6.45) is 3.05. The van der Waals surface area contributed by atoms with E-state index in [2.05, 4.69) is 5.32 Å². The van der Waals surface area contributed by atoms with E-state index < -0.39 is 0 Å². The summed E-state index contributed by atoms with van der Waals surface area (Å²) in [6.45, 7) is 3.78. The molecule has 0 aromatic heterocycles. The summed E-state index contributed by atoms with van der Waals surface area (Å²) < 4.78 is 0. The van der Waals surface area contributed by atoms with Crippen molar-refractivity contribution in [2.24, 2.45) is 0 Å². The van der Waals surface area contributed by atoms with Gasteiger partial charge in [0.15, 0.2) is 0 Å². The van der Waals surface area contributed by atoms with Crippen LogP contribution < -0.4 is 5.32 Å². The molecule has 0 atom stereocenters. The molecule has 20 heavy (non-hydrogen) atoms. The van der Waals surface area contributed by atoms with Crippen molar-refractivity contribution in [2.45, 2.75) is 19.9 Å². The van der Waals surface area contributed by atoms with Crippen molar-refractivity contribution in [2.75, 3.05) is 13.6 Å². The maximum atomic E-state index is 11.9. The first-order chi connectivity index (χ1) is 9.40. The van der Waals surface area contributed by atoms with Gasteiger partial charge in [-0.15, -0.1) is 0 Å². The van der Waals surface area contributed by atoms with Gasteiger partial charge in [0.25, 0.3) is 0 Å². The second-order valence-electron chi connectivity index (χ2n) is 4.77. The average Bonchev–Trinajstić information content (AvgIpc) is 2.36. The fraction of sp³-hybridized carbons (Fsp3) is 0.333. The van der Waals surface area contributed by atoms with E-state index in [1.165, 1.54) is 11.0 Å². The molecule has 1 aromatic rings. The van der Waals surface area contributed by atoms with Gasteiger partial charge in [-0.2, -0.15) is 0 Å². The van der Waals surface area contributed by atoms with E-state index in [9.17, 15) is 9.59 Å². The highest BCUT2D eigenvalue weighted by atomic mass is 35.5. The zero-order valence-electron chi connectivity index (χ0n) is 11.9. The summed E-state index contributed by atoms with van der Waals surface area (Å²) in [5.74, 6) is -0.425. The smallest absolute Gasteiger partial charge is 0.246 e. The lowest BCUT2D eigenvalue weighted by Gasteiger charge is -2.16. The van der Waals surface area contributed by atoms with E-state index in [4.69, 9.17) is 11.6 Å². The summed E-state index contributed by atoms with van der Waals surface area (Å²) in [6, 6.07) is 7.30. The Balaban J connectivity index is 2.58. The fourth-order valence-corrected chi connectivity index (χ4v) is 1.76. The van der Waals surface area contributed by atoms with Gasteiger partial charge >= 0.3 is 0 Å². The normalized spacial score (nSPS) is 10.8. The maximum Gasteiger partial charge on any atom is 0.246 e. The molecular weight excluding hydrogens is 276 g/mol. The van der Waals surface area contributed by atoms with Crippen molar-refractivity contribution < 1.29 is 9.59 Å². The molecule has 4 nitrogen and oxygen atoms in total. The fourth-order valence-electron chi connectivity index (χ4n) is 1.56. The Morgan fingerprint density at radius 2 is 2.00 bits per heavy atom. The van der Waals surface area contributed by atoms with E-state index in [-0.39, 0.29) is 24.4 Å². The van der Waals surface area contributed by atoms with Crippen molar-refractivity contribution in [3.8, 4) is 0 Å². The largest absolute Gasteiger partial charge is 0.352 e. The lowest BCUT2D eigenvalue weighted by Crippen LogP contribution is -2.40. The quantitative estimate of drug-likeness (QED) is 0.848. The molecule has 0 spiro atoms. The lowest BCUT2D eigenvalue weighted by molar-refractivity contribution is -0.131. The second kappa shape index (κ2) is 7.70. The molecule has 0 unspecified atom stereocenters. The molecule has 0 aliphatic rings. The van der Waals surface area contributed by atoms with E-state index in [1.54, 1.807) is 19.2 Å². The Bertz CT molecular complexity index is 512. The number of nitrogens with one attached hydrogen (secondary N) is 1. The molecule has 0 saturated heterocycles. The summed E-state index contributed by atoms with van der Waals surface area (Å²) in [4.78, 5) is 24.8. The molecule has 0 heterocycles. The summed E-state index contributed by atoms with van der Waals surface area (Å²) in [7, 11) is 1.58. The summed E-state index contributed by atoms with van der Waals surface area (Å²) >= 11 is 5.99. The highest BCUT2D eigenvalue weighted by Gasteiger charge is 2.11. The monoisotopic (exact) mass is 294 g/mol. The molecule has 0 aliphatic heterocycles. The molecule has 2 amide bonds. The van der Waals surface area contributed by atoms with Gasteiger partial charge < -0.3 is 10.2 Å². The molecule has 0 aliphatic carbocycles. The van der Waals surface area contributed by atoms with Crippen LogP contribution in [-0.2, 0) is 9.59 Å². The van der Waals surface area contributed by atoms with Gasteiger partial charge in [0, 0.05) is 24.2 Å². The molecule has 1 N–H and O–H groups in total. The molecule has 1 rings (SSSR count). The number of amides is 2. The first-order valence-corrected chi connectivity index (χ1v) is 6.75. The van der Waals surface area contributed by atoms with E-state index in [0.717, 1.165) is 5.56 Å². The molecule has 0 bridgehead atoms. The van der Waals surface area contributed by atoms with E-state index in [1.807, 2.05) is 32.0 Å². The number of nitrogens with zero attached hydrogens (tertiary/aromatic N) is 1. The average molecular weight is 295 g/mol. The zero-order valence-corrected chi connectivity index (χ0v) is 12.6. The van der Waals surface area contributed by atoms with Gasteiger partial charge in [-0.05, 0) is 31.6 Å². The Kier molecular flexibility index (Phi) is 6.25. The van der Waals surface area contributed by atoms with Gasteiger partial charge in [0.05, 0.1) is 6.54 Å². The van der Waals surface area contributed by atoms with Crippen LogP contribution in [0.5, 0.6) is 0 Å². The van der Waals surface area contributed by atoms with Crippen molar-refractivity contribution in [3.05, 3.63) is 40.9 Å². The van der Waals surface area contributed by atoms with E-state index in [0.29, 0.717) is 5.02 Å². The van der Waals surface area contributed by atoms with Crippen LogP contribution in [0.2, 0.25) is 5.02 Å². The third-order valence-electron chi connectivity index (χ3n) is 2.52. The highest BCUT2D eigenvalue weighted by molar-refractivity contribution is 6.32. The van der Waals surface area contributed by atoms with Crippen molar-refractivity contribution in [1.29, 1.82) is 0 Å². The minimum absolute atomic E-state index is 0.0316. The Hall–Kier alpha value is -1.81. The van der Waals surface area contributed by atoms with Crippen molar-refractivity contribution in [3.63, 3.8) is 0 Å². The van der Waals surface area contributed by atoms with Crippen LogP contribution in [0.1, 0.15) is 19.4 Å². The van der Waals surface area contributed by atoms with Gasteiger partial charge in [-0.1, -0.05) is 29.8 Å². The Morgan fingerprint density at radius 3 is 2.60 bits per heavy atom. The topological polar surface area (TPSA) is 49.4 Å². The number of benzene rings is 1. The molecule has 1 aromatic carbocycles. The summed E-state index contributed by atoms with van der Waals surface area (Å²) in [5, 5.41) is 3.31. The van der Waals surface area contributed by atoms with Crippen LogP contribution >= 0.6 is 11.6 Å². The Morgan fingerprint density at radius 1 is 1.35 bits per heavy atom. The second-order valence-corrected chi connectivity index (χ2v) is 5.18. The van der Waals surface area contributed by atoms with Crippen LogP contribution in [0.4, 0.5) is 0 Å². The van der Waals surface area contributed by atoms with Gasteiger partial charge in [-0.25, -0.2) is 0 Å². The van der Waals surface area contributed by atoms with E-state index >= 15 is 0 Å². The van der Waals surface area contributed by atoms with Gasteiger partial charge in [0.2, 0.25) is 11.8 Å². The number of hydrogen-bond acceptors (Lipinski definition) is 2. The maximum absolute atomic E-state index is 11.9. The standard InChI is InChI=1S/C15H19ClN2O2/c1-11(2)17-14(19)10-18(3)15(20)9-8-12-6-4-5-7-13(12)16/h4-9,11H,10H2,1-3H3,(H,17,19)/b9-8+. The molecule has 108 valence electrons. The van der Waals surface area contributed by atoms with Crippen LogP contribution in [0.3, 0.4) is 0 Å². The van der Waals surface area contributed by atoms with Crippen molar-refractivity contribution in [1.82, 2.24) is 10.2 Å². The van der Waals surface area contributed by atoms with Crippen LogP contribution in [0.25, 0.3) is 6.08 Å². The SMILES string of the molecule is CC(C)NC(=O)CN(C)C(=O)/C=C/c1ccccc1Cl. The van der Waals surface area contributed by atoms with Gasteiger partial charge in [-0.3, -0.25) is 9.59 Å². The molecule has 0 fully saturated rings. The number of carbonyl (C=O) groups is 2. The number of carbonyl (C=O) groups excluding carboxylic acids is 2. The third kappa shape index (κ3) is 5.45. The number of hydrogen-bond donors (Lipinski definition) is 1. The molecular formula is C15H19ClN2O2. The molecule has 0 saturated carbocycles. The van der Waals surface area contributed by atoms with Gasteiger partial charge in [0.1, 0.15) is 0 Å².